The zero-order chi connectivity index (χ0) is 20.6. The normalized spacial score (nSPS) is 15.5. The summed E-state index contributed by atoms with van der Waals surface area (Å²) in [5.74, 6) is -1.00. The number of fused-ring (bicyclic) bond motifs is 1. The molecule has 0 bridgehead atoms. The van der Waals surface area contributed by atoms with Crippen molar-refractivity contribution >= 4 is 54.2 Å². The van der Waals surface area contributed by atoms with Crippen LogP contribution in [0.2, 0.25) is 5.02 Å². The molecule has 1 N–H and O–H groups in total. The second kappa shape index (κ2) is 7.96. The standard InChI is InChI=1S/C18H15ClFN3O4S2/c19-14-3-2-12(29(25,26)23-5-7-27-8-6-23)10-13(14)17(24)22-18-21-15-4-1-11(20)9-16(15)28-18/h1-4,9-10H,5-8H2,(H,21,22,24). The summed E-state index contributed by atoms with van der Waals surface area (Å²) < 4.78 is 46.1. The average Bonchev–Trinajstić information content (AvgIpc) is 3.10. The largest absolute Gasteiger partial charge is 0.379 e. The minimum Gasteiger partial charge on any atom is -0.379 e. The molecule has 1 aliphatic heterocycles. The summed E-state index contributed by atoms with van der Waals surface area (Å²) in [6, 6.07) is 8.10. The number of carbonyl (C=O) groups excluding carboxylic acids is 1. The lowest BCUT2D eigenvalue weighted by molar-refractivity contribution is 0.0730. The van der Waals surface area contributed by atoms with Gasteiger partial charge in [-0.05, 0) is 36.4 Å². The van der Waals surface area contributed by atoms with E-state index in [1.165, 1.54) is 40.7 Å². The highest BCUT2D eigenvalue weighted by atomic mass is 35.5. The molecule has 11 heteroatoms. The average molecular weight is 456 g/mol. The Morgan fingerprint density at radius 2 is 1.97 bits per heavy atom. The molecule has 1 fully saturated rings. The number of halogens is 2. The van der Waals surface area contributed by atoms with Gasteiger partial charge >= 0.3 is 0 Å². The fraction of sp³-hybridized carbons (Fsp3) is 0.222. The molecule has 0 atom stereocenters. The number of rotatable bonds is 4. The van der Waals surface area contributed by atoms with Gasteiger partial charge in [0.2, 0.25) is 10.0 Å². The highest BCUT2D eigenvalue weighted by Crippen LogP contribution is 2.28. The smallest absolute Gasteiger partial charge is 0.259 e. The van der Waals surface area contributed by atoms with Gasteiger partial charge < -0.3 is 4.74 Å². The number of aromatic nitrogens is 1. The number of anilines is 1. The second-order valence-electron chi connectivity index (χ2n) is 6.24. The van der Waals surface area contributed by atoms with E-state index < -0.39 is 21.7 Å². The third-order valence-corrected chi connectivity index (χ3v) is 7.52. The first-order chi connectivity index (χ1) is 13.8. The van der Waals surface area contributed by atoms with Crippen LogP contribution < -0.4 is 5.32 Å². The number of benzene rings is 2. The van der Waals surface area contributed by atoms with Gasteiger partial charge in [-0.2, -0.15) is 4.31 Å². The Hall–Kier alpha value is -2.11. The van der Waals surface area contributed by atoms with Crippen LogP contribution >= 0.6 is 22.9 Å². The number of hydrogen-bond acceptors (Lipinski definition) is 6. The van der Waals surface area contributed by atoms with Crippen molar-refractivity contribution in [3.05, 3.63) is 52.8 Å². The van der Waals surface area contributed by atoms with Gasteiger partial charge in [0.1, 0.15) is 5.82 Å². The van der Waals surface area contributed by atoms with Crippen molar-refractivity contribution in [1.29, 1.82) is 0 Å². The number of carbonyl (C=O) groups is 1. The van der Waals surface area contributed by atoms with Crippen LogP contribution in [-0.4, -0.2) is 49.9 Å². The summed E-state index contributed by atoms with van der Waals surface area (Å²) in [5, 5.41) is 2.96. The number of nitrogens with one attached hydrogen (secondary N) is 1. The molecule has 1 saturated heterocycles. The van der Waals surface area contributed by atoms with E-state index in [-0.39, 0.29) is 33.7 Å². The maximum atomic E-state index is 13.3. The third-order valence-electron chi connectivity index (χ3n) is 4.36. The van der Waals surface area contributed by atoms with Crippen LogP contribution in [-0.2, 0) is 14.8 Å². The zero-order valence-corrected chi connectivity index (χ0v) is 17.3. The maximum Gasteiger partial charge on any atom is 0.259 e. The predicted molar refractivity (Wildman–Crippen MR) is 109 cm³/mol. The van der Waals surface area contributed by atoms with Crippen molar-refractivity contribution in [1.82, 2.24) is 9.29 Å². The number of amides is 1. The van der Waals surface area contributed by atoms with E-state index in [0.29, 0.717) is 23.4 Å². The Labute approximate surface area is 175 Å². The fourth-order valence-electron chi connectivity index (χ4n) is 2.89. The van der Waals surface area contributed by atoms with Gasteiger partial charge in [0.05, 0.1) is 38.9 Å². The molecule has 0 unspecified atom stereocenters. The van der Waals surface area contributed by atoms with Gasteiger partial charge in [-0.1, -0.05) is 22.9 Å². The zero-order valence-electron chi connectivity index (χ0n) is 14.9. The predicted octanol–water partition coefficient (Wildman–Crippen LogP) is 3.36. The highest BCUT2D eigenvalue weighted by molar-refractivity contribution is 7.89. The van der Waals surface area contributed by atoms with Crippen LogP contribution in [0.25, 0.3) is 10.2 Å². The number of morpholine rings is 1. The van der Waals surface area contributed by atoms with Crippen molar-refractivity contribution in [2.24, 2.45) is 0 Å². The van der Waals surface area contributed by atoms with Crippen molar-refractivity contribution in [3.8, 4) is 0 Å². The van der Waals surface area contributed by atoms with Gasteiger partial charge in [0.25, 0.3) is 5.91 Å². The van der Waals surface area contributed by atoms with Crippen molar-refractivity contribution in [2.45, 2.75) is 4.90 Å². The molecular weight excluding hydrogens is 441 g/mol. The molecule has 152 valence electrons. The van der Waals surface area contributed by atoms with E-state index in [2.05, 4.69) is 10.3 Å². The monoisotopic (exact) mass is 455 g/mol. The SMILES string of the molecule is O=C(Nc1nc2ccc(F)cc2s1)c1cc(S(=O)(=O)N2CCOCC2)ccc1Cl. The molecule has 2 heterocycles. The summed E-state index contributed by atoms with van der Waals surface area (Å²) >= 11 is 7.24. The molecule has 1 aliphatic rings. The summed E-state index contributed by atoms with van der Waals surface area (Å²) in [5.41, 5.74) is 0.549. The van der Waals surface area contributed by atoms with E-state index in [9.17, 15) is 17.6 Å². The summed E-state index contributed by atoms with van der Waals surface area (Å²) in [6.07, 6.45) is 0. The Morgan fingerprint density at radius 3 is 2.72 bits per heavy atom. The van der Waals surface area contributed by atoms with Gasteiger partial charge in [0, 0.05) is 13.1 Å². The minimum absolute atomic E-state index is 0.00596. The molecule has 0 spiro atoms. The number of ether oxygens (including phenoxy) is 1. The van der Waals surface area contributed by atoms with Crippen LogP contribution in [0.5, 0.6) is 0 Å². The van der Waals surface area contributed by atoms with Crippen LogP contribution in [0.15, 0.2) is 41.3 Å². The lowest BCUT2D eigenvalue weighted by atomic mass is 10.2. The number of hydrogen-bond donors (Lipinski definition) is 1. The molecule has 7 nitrogen and oxygen atoms in total. The number of sulfonamides is 1. The van der Waals surface area contributed by atoms with Gasteiger partial charge in [-0.3, -0.25) is 10.1 Å². The molecular formula is C18H15ClFN3O4S2. The lowest BCUT2D eigenvalue weighted by Crippen LogP contribution is -2.40. The summed E-state index contributed by atoms with van der Waals surface area (Å²) in [6.45, 7) is 1.13. The molecule has 2 aromatic carbocycles. The van der Waals surface area contributed by atoms with E-state index in [0.717, 1.165) is 11.3 Å². The van der Waals surface area contributed by atoms with E-state index in [4.69, 9.17) is 16.3 Å². The molecule has 1 amide bonds. The Kier molecular flexibility index (Phi) is 5.54. The van der Waals surface area contributed by atoms with Crippen molar-refractivity contribution in [2.75, 3.05) is 31.6 Å². The molecule has 0 radical (unpaired) electrons. The van der Waals surface area contributed by atoms with Crippen LogP contribution in [0.1, 0.15) is 10.4 Å². The van der Waals surface area contributed by atoms with E-state index in [1.807, 2.05) is 0 Å². The first kappa shape index (κ1) is 20.2. The van der Waals surface area contributed by atoms with Crippen LogP contribution in [0.3, 0.4) is 0 Å². The molecule has 29 heavy (non-hydrogen) atoms. The molecule has 4 rings (SSSR count). The Bertz CT molecular complexity index is 1190. The topological polar surface area (TPSA) is 88.6 Å². The van der Waals surface area contributed by atoms with Gasteiger partial charge in [-0.25, -0.2) is 17.8 Å². The minimum atomic E-state index is -3.77. The fourth-order valence-corrected chi connectivity index (χ4v) is 5.42. The second-order valence-corrected chi connectivity index (χ2v) is 9.62. The molecule has 1 aromatic heterocycles. The van der Waals surface area contributed by atoms with Crippen molar-refractivity contribution in [3.63, 3.8) is 0 Å². The molecule has 0 saturated carbocycles. The number of nitrogens with zero attached hydrogens (tertiary/aromatic N) is 2. The van der Waals surface area contributed by atoms with E-state index in [1.54, 1.807) is 0 Å². The third kappa shape index (κ3) is 4.12. The molecule has 0 aliphatic carbocycles. The first-order valence-corrected chi connectivity index (χ1v) is 11.2. The molecule has 3 aromatic rings. The van der Waals surface area contributed by atoms with Crippen molar-refractivity contribution < 1.29 is 22.3 Å². The maximum absolute atomic E-state index is 13.3. The Morgan fingerprint density at radius 1 is 1.21 bits per heavy atom. The van der Waals surface area contributed by atoms with Crippen LogP contribution in [0, 0.1) is 5.82 Å². The van der Waals surface area contributed by atoms with Gasteiger partial charge in [0.15, 0.2) is 5.13 Å². The first-order valence-electron chi connectivity index (χ1n) is 8.59. The summed E-state index contributed by atoms with van der Waals surface area (Å²) in [7, 11) is -3.77. The summed E-state index contributed by atoms with van der Waals surface area (Å²) in [4.78, 5) is 16.9. The van der Waals surface area contributed by atoms with Crippen LogP contribution in [0.4, 0.5) is 9.52 Å². The number of thiazole rings is 1. The van der Waals surface area contributed by atoms with Gasteiger partial charge in [-0.15, -0.1) is 0 Å². The highest BCUT2D eigenvalue weighted by Gasteiger charge is 2.27. The Balaban J connectivity index is 1.61. The van der Waals surface area contributed by atoms with E-state index >= 15 is 0 Å². The quantitative estimate of drug-likeness (QED) is 0.651. The lowest BCUT2D eigenvalue weighted by Gasteiger charge is -2.26.